The lowest BCUT2D eigenvalue weighted by atomic mass is 10.1. The van der Waals surface area contributed by atoms with Gasteiger partial charge in [-0.3, -0.25) is 4.79 Å². The minimum Gasteiger partial charge on any atom is -0.349 e. The van der Waals surface area contributed by atoms with Gasteiger partial charge in [-0.15, -0.1) is 0 Å². The van der Waals surface area contributed by atoms with Crippen molar-refractivity contribution in [2.24, 2.45) is 0 Å². The van der Waals surface area contributed by atoms with E-state index in [0.717, 1.165) is 22.2 Å². The summed E-state index contributed by atoms with van der Waals surface area (Å²) in [5.74, 6) is -0.320. The second kappa shape index (κ2) is 7.17. The quantitative estimate of drug-likeness (QED) is 0.797. The van der Waals surface area contributed by atoms with Crippen molar-refractivity contribution in [3.8, 4) is 0 Å². The molecule has 0 saturated carbocycles. The number of rotatable bonds is 4. The summed E-state index contributed by atoms with van der Waals surface area (Å²) in [5, 5.41) is 2.79. The van der Waals surface area contributed by atoms with Gasteiger partial charge in [-0.1, -0.05) is 46.3 Å². The Labute approximate surface area is 140 Å². The van der Waals surface area contributed by atoms with E-state index < -0.39 is 11.7 Å². The second-order valence-electron chi connectivity index (χ2n) is 5.22. The highest BCUT2D eigenvalue weighted by atomic mass is 79.9. The molecule has 2 nitrogen and oxygen atoms in total. The molecule has 2 aromatic carbocycles. The number of halogens is 4. The average molecular weight is 386 g/mol. The molecule has 0 aromatic heterocycles. The molecular formula is C17H15BrF3NO. The number of carbonyl (C=O) groups is 1. The summed E-state index contributed by atoms with van der Waals surface area (Å²) in [7, 11) is 0. The molecule has 0 unspecified atom stereocenters. The lowest BCUT2D eigenvalue weighted by molar-refractivity contribution is -0.137. The number of carbonyl (C=O) groups excluding carboxylic acids is 1. The third-order valence-corrected chi connectivity index (χ3v) is 3.90. The van der Waals surface area contributed by atoms with Crippen LogP contribution in [0.3, 0.4) is 0 Å². The number of hydrogen-bond donors (Lipinski definition) is 1. The molecule has 6 heteroatoms. The van der Waals surface area contributed by atoms with Gasteiger partial charge in [0.2, 0.25) is 5.91 Å². The molecule has 0 aliphatic carbocycles. The lowest BCUT2D eigenvalue weighted by Gasteiger charge is -2.15. The first-order valence-corrected chi connectivity index (χ1v) is 7.76. The molecule has 1 amide bonds. The molecular weight excluding hydrogens is 371 g/mol. The Morgan fingerprint density at radius 1 is 1.17 bits per heavy atom. The number of alkyl halides is 3. The van der Waals surface area contributed by atoms with E-state index in [0.29, 0.717) is 5.56 Å². The largest absolute Gasteiger partial charge is 0.416 e. The molecule has 2 aromatic rings. The predicted molar refractivity (Wildman–Crippen MR) is 85.8 cm³/mol. The summed E-state index contributed by atoms with van der Waals surface area (Å²) < 4.78 is 38.9. The van der Waals surface area contributed by atoms with E-state index >= 15 is 0 Å². The van der Waals surface area contributed by atoms with Crippen molar-refractivity contribution in [1.82, 2.24) is 5.32 Å². The zero-order valence-electron chi connectivity index (χ0n) is 12.3. The van der Waals surface area contributed by atoms with Crippen LogP contribution in [0.4, 0.5) is 13.2 Å². The first-order chi connectivity index (χ1) is 10.8. The van der Waals surface area contributed by atoms with Gasteiger partial charge in [-0.05, 0) is 36.2 Å². The maximum atomic E-state index is 12.7. The van der Waals surface area contributed by atoms with Crippen LogP contribution < -0.4 is 5.32 Å². The van der Waals surface area contributed by atoms with E-state index in [1.807, 2.05) is 31.2 Å². The van der Waals surface area contributed by atoms with Crippen LogP contribution in [0, 0.1) is 0 Å². The Bertz CT molecular complexity index is 683. The second-order valence-corrected chi connectivity index (χ2v) is 6.13. The van der Waals surface area contributed by atoms with E-state index in [-0.39, 0.29) is 18.4 Å². The molecule has 0 radical (unpaired) electrons. The fraction of sp³-hybridized carbons (Fsp3) is 0.235. The van der Waals surface area contributed by atoms with E-state index in [2.05, 4.69) is 21.2 Å². The molecule has 122 valence electrons. The lowest BCUT2D eigenvalue weighted by Crippen LogP contribution is -2.28. The molecule has 1 atom stereocenters. The van der Waals surface area contributed by atoms with Crippen LogP contribution in [-0.4, -0.2) is 5.91 Å². The topological polar surface area (TPSA) is 29.1 Å². The number of benzene rings is 2. The smallest absolute Gasteiger partial charge is 0.349 e. The van der Waals surface area contributed by atoms with E-state index in [4.69, 9.17) is 0 Å². The summed E-state index contributed by atoms with van der Waals surface area (Å²) in [6, 6.07) is 12.1. The molecule has 0 bridgehead atoms. The fourth-order valence-corrected chi connectivity index (χ4v) is 2.43. The van der Waals surface area contributed by atoms with Crippen molar-refractivity contribution in [2.75, 3.05) is 0 Å². The van der Waals surface area contributed by atoms with Crippen molar-refractivity contribution >= 4 is 21.8 Å². The Morgan fingerprint density at radius 3 is 2.43 bits per heavy atom. The van der Waals surface area contributed by atoms with Crippen LogP contribution >= 0.6 is 15.9 Å². The monoisotopic (exact) mass is 385 g/mol. The van der Waals surface area contributed by atoms with Gasteiger partial charge in [0.15, 0.2) is 0 Å². The van der Waals surface area contributed by atoms with Crippen molar-refractivity contribution in [3.63, 3.8) is 0 Å². The molecule has 0 heterocycles. The highest BCUT2D eigenvalue weighted by Gasteiger charge is 2.30. The standard InChI is InChI=1S/C17H15BrF3NO/c1-11(13-5-7-15(18)8-6-13)22-16(23)10-12-3-2-4-14(9-12)17(19,20)21/h2-9,11H,10H2,1H3,(H,22,23)/t11-/m1/s1. The Kier molecular flexibility index (Phi) is 5.46. The Morgan fingerprint density at radius 2 is 1.83 bits per heavy atom. The van der Waals surface area contributed by atoms with Gasteiger partial charge in [-0.2, -0.15) is 13.2 Å². The van der Waals surface area contributed by atoms with Crippen molar-refractivity contribution in [1.29, 1.82) is 0 Å². The van der Waals surface area contributed by atoms with Gasteiger partial charge >= 0.3 is 6.18 Å². The minimum atomic E-state index is -4.41. The number of nitrogens with one attached hydrogen (secondary N) is 1. The molecule has 1 N–H and O–H groups in total. The normalized spacial score (nSPS) is 12.7. The predicted octanol–water partition coefficient (Wildman–Crippen LogP) is 4.89. The third kappa shape index (κ3) is 5.10. The van der Waals surface area contributed by atoms with Crippen molar-refractivity contribution in [2.45, 2.75) is 25.6 Å². The van der Waals surface area contributed by atoms with Crippen LogP contribution in [-0.2, 0) is 17.4 Å². The fourth-order valence-electron chi connectivity index (χ4n) is 2.17. The average Bonchev–Trinajstić information content (AvgIpc) is 2.47. The van der Waals surface area contributed by atoms with Crippen LogP contribution in [0.15, 0.2) is 53.0 Å². The van der Waals surface area contributed by atoms with Crippen molar-refractivity contribution in [3.05, 3.63) is 69.7 Å². The first-order valence-electron chi connectivity index (χ1n) is 6.96. The van der Waals surface area contributed by atoms with Crippen LogP contribution in [0.2, 0.25) is 0 Å². The van der Waals surface area contributed by atoms with Gasteiger partial charge in [0.05, 0.1) is 18.0 Å². The zero-order valence-corrected chi connectivity index (χ0v) is 13.9. The van der Waals surface area contributed by atoms with E-state index in [1.165, 1.54) is 12.1 Å². The highest BCUT2D eigenvalue weighted by Crippen LogP contribution is 2.29. The molecule has 0 aliphatic heterocycles. The van der Waals surface area contributed by atoms with E-state index in [1.54, 1.807) is 0 Å². The number of hydrogen-bond acceptors (Lipinski definition) is 1. The zero-order chi connectivity index (χ0) is 17.0. The molecule has 2 rings (SSSR count). The SMILES string of the molecule is C[C@@H](NC(=O)Cc1cccc(C(F)(F)F)c1)c1ccc(Br)cc1. The summed E-state index contributed by atoms with van der Waals surface area (Å²) >= 11 is 3.33. The summed E-state index contributed by atoms with van der Waals surface area (Å²) in [4.78, 5) is 12.0. The van der Waals surface area contributed by atoms with Gasteiger partial charge in [0.1, 0.15) is 0 Å². The Balaban J connectivity index is 2.01. The minimum absolute atomic E-state index is 0.0925. The molecule has 0 saturated heterocycles. The van der Waals surface area contributed by atoms with Crippen LogP contribution in [0.1, 0.15) is 29.7 Å². The first kappa shape index (κ1) is 17.5. The van der Waals surface area contributed by atoms with Gasteiger partial charge in [0, 0.05) is 4.47 Å². The molecule has 0 fully saturated rings. The molecule has 0 spiro atoms. The Hall–Kier alpha value is -1.82. The van der Waals surface area contributed by atoms with Gasteiger partial charge < -0.3 is 5.32 Å². The maximum absolute atomic E-state index is 12.7. The van der Waals surface area contributed by atoms with Gasteiger partial charge in [-0.25, -0.2) is 0 Å². The molecule has 23 heavy (non-hydrogen) atoms. The summed E-state index contributed by atoms with van der Waals surface area (Å²) in [6.45, 7) is 1.83. The van der Waals surface area contributed by atoms with E-state index in [9.17, 15) is 18.0 Å². The van der Waals surface area contributed by atoms with Crippen LogP contribution in [0.25, 0.3) is 0 Å². The highest BCUT2D eigenvalue weighted by molar-refractivity contribution is 9.10. The van der Waals surface area contributed by atoms with Crippen LogP contribution in [0.5, 0.6) is 0 Å². The van der Waals surface area contributed by atoms with Crippen molar-refractivity contribution < 1.29 is 18.0 Å². The summed E-state index contributed by atoms with van der Waals surface area (Å²) in [5.41, 5.74) is 0.509. The molecule has 0 aliphatic rings. The van der Waals surface area contributed by atoms with Gasteiger partial charge in [0.25, 0.3) is 0 Å². The maximum Gasteiger partial charge on any atom is 0.416 e. The summed E-state index contributed by atoms with van der Waals surface area (Å²) in [6.07, 6.45) is -4.50. The number of amides is 1. The third-order valence-electron chi connectivity index (χ3n) is 3.37.